The van der Waals surface area contributed by atoms with Gasteiger partial charge in [0.15, 0.2) is 5.82 Å². The Bertz CT molecular complexity index is 438. The van der Waals surface area contributed by atoms with E-state index in [1.165, 1.54) is 0 Å². The van der Waals surface area contributed by atoms with Crippen LogP contribution in [0.5, 0.6) is 0 Å². The summed E-state index contributed by atoms with van der Waals surface area (Å²) in [4.78, 5) is 17.0. The van der Waals surface area contributed by atoms with Gasteiger partial charge in [0.1, 0.15) is 0 Å². The molecule has 0 aromatic carbocycles. The van der Waals surface area contributed by atoms with E-state index in [-0.39, 0.29) is 18.1 Å². The summed E-state index contributed by atoms with van der Waals surface area (Å²) in [5, 5.41) is 0. The van der Waals surface area contributed by atoms with Gasteiger partial charge in [-0.05, 0) is 13.8 Å². The molecule has 0 bridgehead atoms. The average Bonchev–Trinajstić information content (AvgIpc) is 2.37. The van der Waals surface area contributed by atoms with E-state index >= 15 is 0 Å². The molecule has 0 aliphatic carbocycles. The van der Waals surface area contributed by atoms with Gasteiger partial charge in [-0.25, -0.2) is 0 Å². The number of hydrogen-bond donors (Lipinski definition) is 1. The fourth-order valence-corrected chi connectivity index (χ4v) is 2.14. The largest absolute Gasteiger partial charge is 0.376 e. The van der Waals surface area contributed by atoms with Crippen LogP contribution in [0.2, 0.25) is 0 Å². The third kappa shape index (κ3) is 3.30. The molecule has 0 saturated carbocycles. The van der Waals surface area contributed by atoms with Crippen LogP contribution in [0, 0.1) is 0 Å². The number of hydrogen-bond acceptors (Lipinski definition) is 7. The summed E-state index contributed by atoms with van der Waals surface area (Å²) in [5.74, 6) is 1.57. The SMILES string of the molecule is C[C@@H]1CN([C@@H](C)c2nc(N)nc(N(C)C)n2)CCO1. The Balaban J connectivity index is 2.20. The van der Waals surface area contributed by atoms with Gasteiger partial charge < -0.3 is 15.4 Å². The van der Waals surface area contributed by atoms with Crippen LogP contribution in [0.1, 0.15) is 25.7 Å². The summed E-state index contributed by atoms with van der Waals surface area (Å²) in [5.41, 5.74) is 5.76. The highest BCUT2D eigenvalue weighted by Gasteiger charge is 2.25. The summed E-state index contributed by atoms with van der Waals surface area (Å²) in [6.45, 7) is 6.67. The fraction of sp³-hybridized carbons (Fsp3) is 0.750. The molecule has 7 heteroatoms. The first-order chi connectivity index (χ1) is 8.97. The normalized spacial score (nSPS) is 22.2. The maximum atomic E-state index is 5.76. The smallest absolute Gasteiger partial charge is 0.229 e. The quantitative estimate of drug-likeness (QED) is 0.842. The molecule has 106 valence electrons. The topological polar surface area (TPSA) is 80.4 Å². The third-order valence-electron chi connectivity index (χ3n) is 3.25. The highest BCUT2D eigenvalue weighted by Crippen LogP contribution is 2.21. The molecule has 2 N–H and O–H groups in total. The number of aromatic nitrogens is 3. The van der Waals surface area contributed by atoms with Gasteiger partial charge in [0, 0.05) is 27.2 Å². The number of nitrogens with two attached hydrogens (primary N) is 1. The van der Waals surface area contributed by atoms with Crippen molar-refractivity contribution >= 4 is 11.9 Å². The fourth-order valence-electron chi connectivity index (χ4n) is 2.14. The second-order valence-electron chi connectivity index (χ2n) is 5.10. The van der Waals surface area contributed by atoms with Crippen molar-refractivity contribution in [2.75, 3.05) is 44.4 Å². The molecule has 2 rings (SSSR count). The van der Waals surface area contributed by atoms with Gasteiger partial charge in [0.05, 0.1) is 18.8 Å². The average molecular weight is 266 g/mol. The molecule has 7 nitrogen and oxygen atoms in total. The van der Waals surface area contributed by atoms with Crippen molar-refractivity contribution in [3.05, 3.63) is 5.82 Å². The van der Waals surface area contributed by atoms with E-state index in [9.17, 15) is 0 Å². The zero-order valence-corrected chi connectivity index (χ0v) is 12.0. The zero-order valence-electron chi connectivity index (χ0n) is 12.0. The van der Waals surface area contributed by atoms with Crippen LogP contribution < -0.4 is 10.6 Å². The lowest BCUT2D eigenvalue weighted by Gasteiger charge is -2.34. The van der Waals surface area contributed by atoms with E-state index in [0.717, 1.165) is 19.7 Å². The van der Waals surface area contributed by atoms with E-state index in [0.29, 0.717) is 11.8 Å². The minimum Gasteiger partial charge on any atom is -0.376 e. The molecule has 1 aliphatic rings. The predicted octanol–water partition coefficient (Wildman–Crippen LogP) is 0.302. The van der Waals surface area contributed by atoms with Crippen LogP contribution in [0.4, 0.5) is 11.9 Å². The van der Waals surface area contributed by atoms with Gasteiger partial charge >= 0.3 is 0 Å². The summed E-state index contributed by atoms with van der Waals surface area (Å²) >= 11 is 0. The molecule has 2 heterocycles. The monoisotopic (exact) mass is 266 g/mol. The molecular weight excluding hydrogens is 244 g/mol. The molecule has 0 radical (unpaired) electrons. The molecule has 0 spiro atoms. The van der Waals surface area contributed by atoms with Gasteiger partial charge in [-0.3, -0.25) is 4.90 Å². The third-order valence-corrected chi connectivity index (χ3v) is 3.25. The van der Waals surface area contributed by atoms with E-state index in [4.69, 9.17) is 10.5 Å². The second-order valence-corrected chi connectivity index (χ2v) is 5.10. The van der Waals surface area contributed by atoms with Crippen molar-refractivity contribution in [1.29, 1.82) is 0 Å². The lowest BCUT2D eigenvalue weighted by atomic mass is 10.2. The van der Waals surface area contributed by atoms with Crippen molar-refractivity contribution < 1.29 is 4.74 Å². The Kier molecular flexibility index (Phi) is 4.16. The van der Waals surface area contributed by atoms with Crippen molar-refractivity contribution in [2.45, 2.75) is 26.0 Å². The van der Waals surface area contributed by atoms with Crippen molar-refractivity contribution in [3.8, 4) is 0 Å². The molecule has 1 aliphatic heterocycles. The van der Waals surface area contributed by atoms with Gasteiger partial charge in [0.25, 0.3) is 0 Å². The van der Waals surface area contributed by atoms with Crippen LogP contribution >= 0.6 is 0 Å². The molecule has 1 aromatic heterocycles. The number of rotatable bonds is 3. The van der Waals surface area contributed by atoms with E-state index in [1.807, 2.05) is 19.0 Å². The summed E-state index contributed by atoms with van der Waals surface area (Å²) in [6.07, 6.45) is 0.240. The van der Waals surface area contributed by atoms with Crippen LogP contribution in [0.15, 0.2) is 0 Å². The molecule has 2 atom stereocenters. The molecule has 1 saturated heterocycles. The second kappa shape index (κ2) is 5.66. The Morgan fingerprint density at radius 3 is 2.74 bits per heavy atom. The molecule has 19 heavy (non-hydrogen) atoms. The van der Waals surface area contributed by atoms with Gasteiger partial charge in [-0.2, -0.15) is 15.0 Å². The first-order valence-corrected chi connectivity index (χ1v) is 6.52. The minimum atomic E-state index is 0.107. The van der Waals surface area contributed by atoms with Gasteiger partial charge in [-0.15, -0.1) is 0 Å². The molecule has 0 unspecified atom stereocenters. The van der Waals surface area contributed by atoms with Crippen molar-refractivity contribution in [1.82, 2.24) is 19.9 Å². The highest BCUT2D eigenvalue weighted by molar-refractivity contribution is 5.33. The van der Waals surface area contributed by atoms with E-state index in [1.54, 1.807) is 0 Å². The molecule has 1 fully saturated rings. The van der Waals surface area contributed by atoms with Gasteiger partial charge in [-0.1, -0.05) is 0 Å². The highest BCUT2D eigenvalue weighted by atomic mass is 16.5. The van der Waals surface area contributed by atoms with Crippen LogP contribution in [-0.2, 0) is 4.74 Å². The zero-order chi connectivity index (χ0) is 14.0. The predicted molar refractivity (Wildman–Crippen MR) is 74.0 cm³/mol. The van der Waals surface area contributed by atoms with E-state index in [2.05, 4.69) is 33.7 Å². The standard InChI is InChI=1S/C12H22N6O/c1-8-7-18(5-6-19-8)9(2)10-14-11(13)16-12(15-10)17(3)4/h8-9H,5-7H2,1-4H3,(H2,13,14,15,16)/t8-,9+/m1/s1. The number of nitrogens with zero attached hydrogens (tertiary/aromatic N) is 5. The molecule has 0 amide bonds. The number of nitrogen functional groups attached to an aromatic ring is 1. The number of ether oxygens (including phenoxy) is 1. The minimum absolute atomic E-state index is 0.107. The van der Waals surface area contributed by atoms with Crippen LogP contribution in [0.3, 0.4) is 0 Å². The maximum absolute atomic E-state index is 5.76. The van der Waals surface area contributed by atoms with Crippen LogP contribution in [-0.4, -0.2) is 59.7 Å². The summed E-state index contributed by atoms with van der Waals surface area (Å²) in [7, 11) is 3.78. The lowest BCUT2D eigenvalue weighted by molar-refractivity contribution is -0.0331. The first kappa shape index (κ1) is 14.0. The maximum Gasteiger partial charge on any atom is 0.229 e. The van der Waals surface area contributed by atoms with E-state index < -0.39 is 0 Å². The van der Waals surface area contributed by atoms with Crippen molar-refractivity contribution in [2.24, 2.45) is 0 Å². The molecular formula is C12H22N6O. The Morgan fingerprint density at radius 2 is 2.11 bits per heavy atom. The van der Waals surface area contributed by atoms with Crippen LogP contribution in [0.25, 0.3) is 0 Å². The van der Waals surface area contributed by atoms with Gasteiger partial charge in [0.2, 0.25) is 11.9 Å². The summed E-state index contributed by atoms with van der Waals surface area (Å²) < 4.78 is 5.55. The van der Waals surface area contributed by atoms with Crippen molar-refractivity contribution in [3.63, 3.8) is 0 Å². The number of morpholine rings is 1. The molecule has 1 aromatic rings. The Labute approximate surface area is 113 Å². The summed E-state index contributed by atoms with van der Waals surface area (Å²) in [6, 6.07) is 0.107. The number of anilines is 2. The first-order valence-electron chi connectivity index (χ1n) is 6.52. The Hall–Kier alpha value is -1.47. The lowest BCUT2D eigenvalue weighted by Crippen LogP contribution is -2.42. The Morgan fingerprint density at radius 1 is 1.37 bits per heavy atom.